The normalized spacial score (nSPS) is 7.57. The number of nitrogens with two attached hydrogens (primary N) is 2. The summed E-state index contributed by atoms with van der Waals surface area (Å²) in [7, 11) is 0. The molecule has 0 spiro atoms. The summed E-state index contributed by atoms with van der Waals surface area (Å²) < 4.78 is 11.8. The molecule has 0 unspecified atom stereocenters. The number of rotatable bonds is 1. The molecule has 0 aliphatic heterocycles. The van der Waals surface area contributed by atoms with Crippen LogP contribution in [0.25, 0.3) is 0 Å². The van der Waals surface area contributed by atoms with E-state index in [1.165, 1.54) is 0 Å². The minimum atomic E-state index is -0.667. The number of allylic oxidation sites excluding steroid dienone is 2. The highest BCUT2D eigenvalue weighted by atomic mass is 19.1. The summed E-state index contributed by atoms with van der Waals surface area (Å²) in [5, 5.41) is 0. The van der Waals surface area contributed by atoms with E-state index in [-0.39, 0.29) is 5.82 Å². The van der Waals surface area contributed by atoms with E-state index in [1.807, 2.05) is 0 Å². The lowest BCUT2D eigenvalue weighted by atomic mass is 10.5. The fraction of sp³-hybridized carbons (Fsp3) is 0. The average molecular weight is 102 g/mol. The van der Waals surface area contributed by atoms with Crippen LogP contribution >= 0.6 is 0 Å². The zero-order valence-corrected chi connectivity index (χ0v) is 3.82. The van der Waals surface area contributed by atoms with E-state index >= 15 is 0 Å². The summed E-state index contributed by atoms with van der Waals surface area (Å²) >= 11 is 0. The minimum Gasteiger partial charge on any atom is -0.383 e. The van der Waals surface area contributed by atoms with Gasteiger partial charge in [-0.2, -0.15) is 0 Å². The standard InChI is InChI=1S/C4H7FN2/c1-2-3(5)4(6)7/h2H,1,6-7H2. The van der Waals surface area contributed by atoms with Crippen LogP contribution in [0.1, 0.15) is 0 Å². The topological polar surface area (TPSA) is 52.0 Å². The molecule has 7 heavy (non-hydrogen) atoms. The number of hydrogen-bond acceptors (Lipinski definition) is 2. The van der Waals surface area contributed by atoms with Crippen molar-refractivity contribution in [3.8, 4) is 0 Å². The molecule has 0 bridgehead atoms. The average Bonchev–Trinajstić information content (AvgIpc) is 1.65. The maximum Gasteiger partial charge on any atom is 0.162 e. The van der Waals surface area contributed by atoms with Gasteiger partial charge in [-0.25, -0.2) is 4.39 Å². The molecule has 0 aromatic rings. The molecule has 0 saturated carbocycles. The quantitative estimate of drug-likeness (QED) is 0.465. The van der Waals surface area contributed by atoms with Crippen LogP contribution in [0.2, 0.25) is 0 Å². The first kappa shape index (κ1) is 6.01. The Morgan fingerprint density at radius 2 is 2.00 bits per heavy atom. The molecule has 3 heteroatoms. The molecular formula is C4H7FN2. The van der Waals surface area contributed by atoms with Gasteiger partial charge < -0.3 is 11.5 Å². The summed E-state index contributed by atoms with van der Waals surface area (Å²) in [4.78, 5) is 0. The Morgan fingerprint density at radius 3 is 2.00 bits per heavy atom. The summed E-state index contributed by atoms with van der Waals surface area (Å²) in [6.45, 7) is 3.09. The van der Waals surface area contributed by atoms with E-state index in [0.717, 1.165) is 6.08 Å². The molecular weight excluding hydrogens is 95.1 g/mol. The van der Waals surface area contributed by atoms with Crippen molar-refractivity contribution in [3.05, 3.63) is 24.3 Å². The predicted molar refractivity (Wildman–Crippen MR) is 26.7 cm³/mol. The largest absolute Gasteiger partial charge is 0.383 e. The van der Waals surface area contributed by atoms with E-state index in [0.29, 0.717) is 0 Å². The maximum absolute atomic E-state index is 11.8. The number of halogens is 1. The van der Waals surface area contributed by atoms with E-state index < -0.39 is 5.83 Å². The van der Waals surface area contributed by atoms with Gasteiger partial charge in [0, 0.05) is 0 Å². The van der Waals surface area contributed by atoms with Gasteiger partial charge >= 0.3 is 0 Å². The first-order chi connectivity index (χ1) is 3.18. The van der Waals surface area contributed by atoms with Crippen molar-refractivity contribution in [1.82, 2.24) is 0 Å². The van der Waals surface area contributed by atoms with Crippen molar-refractivity contribution in [2.45, 2.75) is 0 Å². The molecule has 0 aromatic carbocycles. The molecule has 0 aromatic heterocycles. The van der Waals surface area contributed by atoms with Crippen LogP contribution in [-0.2, 0) is 0 Å². The third-order valence-electron chi connectivity index (χ3n) is 0.455. The second-order valence-corrected chi connectivity index (χ2v) is 1.01. The predicted octanol–water partition coefficient (Wildman–Crippen LogP) is 0.228. The highest BCUT2D eigenvalue weighted by Crippen LogP contribution is 1.94. The molecule has 0 rings (SSSR count). The van der Waals surface area contributed by atoms with Crippen molar-refractivity contribution >= 4 is 0 Å². The van der Waals surface area contributed by atoms with Gasteiger partial charge in [-0.3, -0.25) is 0 Å². The fourth-order valence-corrected chi connectivity index (χ4v) is 0.118. The monoisotopic (exact) mass is 102 g/mol. The van der Waals surface area contributed by atoms with Gasteiger partial charge in [0.15, 0.2) is 5.83 Å². The van der Waals surface area contributed by atoms with Crippen LogP contribution in [0.4, 0.5) is 4.39 Å². The van der Waals surface area contributed by atoms with Gasteiger partial charge in [0.1, 0.15) is 5.82 Å². The second kappa shape index (κ2) is 2.23. The van der Waals surface area contributed by atoms with Crippen LogP contribution in [0.15, 0.2) is 24.3 Å². The molecule has 0 radical (unpaired) electrons. The molecule has 4 N–H and O–H groups in total. The zero-order chi connectivity index (χ0) is 5.86. The van der Waals surface area contributed by atoms with Gasteiger partial charge in [-0.15, -0.1) is 0 Å². The van der Waals surface area contributed by atoms with Gasteiger partial charge in [-0.05, 0) is 6.08 Å². The van der Waals surface area contributed by atoms with Gasteiger partial charge in [0.2, 0.25) is 0 Å². The third-order valence-corrected chi connectivity index (χ3v) is 0.455. The summed E-state index contributed by atoms with van der Waals surface area (Å²) in [5.74, 6) is -0.991. The second-order valence-electron chi connectivity index (χ2n) is 1.01. The smallest absolute Gasteiger partial charge is 0.162 e. The van der Waals surface area contributed by atoms with E-state index in [9.17, 15) is 4.39 Å². The van der Waals surface area contributed by atoms with Crippen molar-refractivity contribution in [3.63, 3.8) is 0 Å². The zero-order valence-electron chi connectivity index (χ0n) is 3.82. The Hall–Kier alpha value is -0.990. The maximum atomic E-state index is 11.8. The molecule has 0 amide bonds. The SMILES string of the molecule is C=CC(F)=C(N)N. The Bertz CT molecular complexity index is 102. The summed E-state index contributed by atoms with van der Waals surface area (Å²) in [6, 6.07) is 0. The van der Waals surface area contributed by atoms with Crippen molar-refractivity contribution in [1.29, 1.82) is 0 Å². The first-order valence-corrected chi connectivity index (χ1v) is 1.71. The summed E-state index contributed by atoms with van der Waals surface area (Å²) in [5.41, 5.74) is 9.52. The number of hydrogen-bond donors (Lipinski definition) is 2. The molecule has 0 fully saturated rings. The molecule has 0 heterocycles. The fourth-order valence-electron chi connectivity index (χ4n) is 0.118. The van der Waals surface area contributed by atoms with Crippen LogP contribution in [0.5, 0.6) is 0 Å². The molecule has 0 atom stereocenters. The minimum absolute atomic E-state index is 0.324. The third kappa shape index (κ3) is 1.81. The van der Waals surface area contributed by atoms with Crippen LogP contribution in [0, 0.1) is 0 Å². The van der Waals surface area contributed by atoms with Gasteiger partial charge in [0.05, 0.1) is 0 Å². The van der Waals surface area contributed by atoms with Gasteiger partial charge in [-0.1, -0.05) is 6.58 Å². The van der Waals surface area contributed by atoms with E-state index in [2.05, 4.69) is 6.58 Å². The Kier molecular flexibility index (Phi) is 1.91. The molecule has 2 nitrogen and oxygen atoms in total. The van der Waals surface area contributed by atoms with Crippen LogP contribution in [0.3, 0.4) is 0 Å². The molecule has 0 aliphatic rings. The lowest BCUT2D eigenvalue weighted by Gasteiger charge is -1.86. The molecule has 0 saturated heterocycles. The lowest BCUT2D eigenvalue weighted by Crippen LogP contribution is -2.09. The Balaban J connectivity index is 3.98. The molecule has 0 aliphatic carbocycles. The van der Waals surface area contributed by atoms with E-state index in [4.69, 9.17) is 11.5 Å². The first-order valence-electron chi connectivity index (χ1n) is 1.71. The van der Waals surface area contributed by atoms with Gasteiger partial charge in [0.25, 0.3) is 0 Å². The van der Waals surface area contributed by atoms with Crippen LogP contribution < -0.4 is 11.5 Å². The molecule has 40 valence electrons. The highest BCUT2D eigenvalue weighted by molar-refractivity contribution is 5.11. The lowest BCUT2D eigenvalue weighted by molar-refractivity contribution is 0.650. The van der Waals surface area contributed by atoms with E-state index in [1.54, 1.807) is 0 Å². The highest BCUT2D eigenvalue weighted by Gasteiger charge is 1.86. The van der Waals surface area contributed by atoms with Crippen molar-refractivity contribution in [2.75, 3.05) is 0 Å². The van der Waals surface area contributed by atoms with Crippen LogP contribution in [-0.4, -0.2) is 0 Å². The van der Waals surface area contributed by atoms with Crippen molar-refractivity contribution < 1.29 is 4.39 Å². The summed E-state index contributed by atoms with van der Waals surface area (Å²) in [6.07, 6.45) is 0.954. The van der Waals surface area contributed by atoms with Crippen molar-refractivity contribution in [2.24, 2.45) is 11.5 Å². The Morgan fingerprint density at radius 1 is 1.57 bits per heavy atom. The Labute approximate surface area is 41.3 Å².